The summed E-state index contributed by atoms with van der Waals surface area (Å²) in [5.41, 5.74) is 5.35. The number of hydrogen-bond acceptors (Lipinski definition) is 8. The van der Waals surface area contributed by atoms with Crippen LogP contribution in [0, 0.1) is 0 Å². The molecule has 0 spiro atoms. The van der Waals surface area contributed by atoms with Gasteiger partial charge in [-0.15, -0.1) is 0 Å². The zero-order valence-corrected chi connectivity index (χ0v) is 19.6. The van der Waals surface area contributed by atoms with Crippen molar-refractivity contribution < 1.29 is 19.3 Å². The summed E-state index contributed by atoms with van der Waals surface area (Å²) in [6.07, 6.45) is 9.99. The van der Waals surface area contributed by atoms with Gasteiger partial charge in [-0.3, -0.25) is 9.98 Å². The number of methoxy groups -OCH3 is 3. The molecule has 0 saturated carbocycles. The van der Waals surface area contributed by atoms with E-state index in [1.807, 2.05) is 30.4 Å². The van der Waals surface area contributed by atoms with Crippen LogP contribution in [0.15, 0.2) is 82.0 Å². The van der Waals surface area contributed by atoms with Gasteiger partial charge in [-0.25, -0.2) is 4.98 Å². The monoisotopic (exact) mass is 460 g/mol. The second-order valence-corrected chi connectivity index (χ2v) is 7.64. The number of hydrogen-bond donors (Lipinski definition) is 1. The summed E-state index contributed by atoms with van der Waals surface area (Å²) in [7, 11) is 4.86. The molecule has 0 saturated heterocycles. The number of benzene rings is 1. The highest BCUT2D eigenvalue weighted by molar-refractivity contribution is 6.38. The molecule has 2 heterocycles. The first-order valence-corrected chi connectivity index (χ1v) is 11.0. The van der Waals surface area contributed by atoms with Gasteiger partial charge in [-0.05, 0) is 24.3 Å². The van der Waals surface area contributed by atoms with E-state index in [-0.39, 0.29) is 6.61 Å². The summed E-state index contributed by atoms with van der Waals surface area (Å²) in [4.78, 5) is 15.7. The van der Waals surface area contributed by atoms with Gasteiger partial charge in [-0.1, -0.05) is 6.08 Å². The van der Waals surface area contributed by atoms with Crippen LogP contribution in [0.25, 0.3) is 0 Å². The Morgan fingerprint density at radius 3 is 2.62 bits per heavy atom. The Labute approximate surface area is 199 Å². The van der Waals surface area contributed by atoms with Gasteiger partial charge < -0.3 is 24.2 Å². The Kier molecular flexibility index (Phi) is 7.39. The fourth-order valence-corrected chi connectivity index (χ4v) is 3.78. The lowest BCUT2D eigenvalue weighted by molar-refractivity contribution is 0.271. The van der Waals surface area contributed by atoms with Crippen molar-refractivity contribution in [2.75, 3.05) is 39.4 Å². The van der Waals surface area contributed by atoms with E-state index in [0.717, 1.165) is 39.7 Å². The Balaban J connectivity index is 1.63. The van der Waals surface area contributed by atoms with Crippen molar-refractivity contribution in [2.24, 2.45) is 9.98 Å². The maximum Gasteiger partial charge on any atom is 0.212 e. The molecule has 2 aromatic rings. The average molecular weight is 461 g/mol. The van der Waals surface area contributed by atoms with Crippen LogP contribution in [-0.4, -0.2) is 56.5 Å². The minimum Gasteiger partial charge on any atom is -0.501 e. The van der Waals surface area contributed by atoms with Gasteiger partial charge in [0.1, 0.15) is 11.5 Å². The average Bonchev–Trinajstić information content (AvgIpc) is 3.23. The van der Waals surface area contributed by atoms with Gasteiger partial charge in [0.05, 0.1) is 52.1 Å². The summed E-state index contributed by atoms with van der Waals surface area (Å²) in [6, 6.07) is 9.77. The van der Waals surface area contributed by atoms with Gasteiger partial charge in [0.15, 0.2) is 0 Å². The summed E-state index contributed by atoms with van der Waals surface area (Å²) < 4.78 is 16.1. The predicted octanol–water partition coefficient (Wildman–Crippen LogP) is 3.94. The van der Waals surface area contributed by atoms with E-state index in [4.69, 9.17) is 19.2 Å². The molecule has 1 aromatic heterocycles. The molecule has 0 bridgehead atoms. The fraction of sp³-hybridized carbons (Fsp3) is 0.269. The molecule has 2 aliphatic rings. The highest BCUT2D eigenvalue weighted by atomic mass is 16.5. The number of fused-ring (bicyclic) bond motifs is 1. The molecule has 8 nitrogen and oxygen atoms in total. The van der Waals surface area contributed by atoms with Crippen molar-refractivity contribution >= 4 is 23.3 Å². The molecule has 8 heteroatoms. The predicted molar refractivity (Wildman–Crippen MR) is 133 cm³/mol. The van der Waals surface area contributed by atoms with Gasteiger partial charge in [0.2, 0.25) is 5.88 Å². The van der Waals surface area contributed by atoms with Crippen LogP contribution in [-0.2, 0) is 16.0 Å². The standard InChI is InChI=1S/C26H28N4O4/c1-32-22-7-5-21(13-23(14-22)33-2)30(10-11-31)20-6-8-24-19(12-20)16-27-25(17-28-24)18-4-9-26(34-3)29-15-18/h4-6,8-9,12-15,17,31H,7,10-11,16H2,1-3H3. The number of allylic oxidation sites excluding steroid dienone is 3. The van der Waals surface area contributed by atoms with E-state index in [1.165, 1.54) is 0 Å². The molecule has 1 aromatic carbocycles. The number of rotatable bonds is 8. The zero-order valence-electron chi connectivity index (χ0n) is 19.6. The lowest BCUT2D eigenvalue weighted by atomic mass is 10.1. The number of ether oxygens (including phenoxy) is 3. The number of anilines is 1. The normalized spacial score (nSPS) is 15.1. The van der Waals surface area contributed by atoms with Crippen LogP contribution >= 0.6 is 0 Å². The molecule has 34 heavy (non-hydrogen) atoms. The van der Waals surface area contributed by atoms with Crippen LogP contribution in [0.1, 0.15) is 17.5 Å². The second-order valence-electron chi connectivity index (χ2n) is 7.64. The third-order valence-electron chi connectivity index (χ3n) is 5.60. The largest absolute Gasteiger partial charge is 0.501 e. The highest BCUT2D eigenvalue weighted by Crippen LogP contribution is 2.31. The summed E-state index contributed by atoms with van der Waals surface area (Å²) in [5, 5.41) is 9.78. The van der Waals surface area contributed by atoms with E-state index in [0.29, 0.717) is 31.1 Å². The molecule has 1 N–H and O–H groups in total. The van der Waals surface area contributed by atoms with Gasteiger partial charge in [0.25, 0.3) is 0 Å². The maximum atomic E-state index is 9.78. The molecule has 0 unspecified atom stereocenters. The molecule has 0 radical (unpaired) electrons. The van der Waals surface area contributed by atoms with Crippen molar-refractivity contribution in [3.8, 4) is 5.88 Å². The number of aliphatic imine (C=N–C) groups is 2. The topological polar surface area (TPSA) is 88.8 Å². The van der Waals surface area contributed by atoms with Crippen LogP contribution in [0.2, 0.25) is 0 Å². The van der Waals surface area contributed by atoms with Gasteiger partial charge in [0, 0.05) is 59.9 Å². The quantitative estimate of drug-likeness (QED) is 0.642. The first-order valence-electron chi connectivity index (χ1n) is 11.0. The molecule has 176 valence electrons. The van der Waals surface area contributed by atoms with Crippen molar-refractivity contribution in [3.63, 3.8) is 0 Å². The molecule has 0 atom stereocenters. The fourth-order valence-electron chi connectivity index (χ4n) is 3.78. The zero-order chi connectivity index (χ0) is 23.9. The summed E-state index contributed by atoms with van der Waals surface area (Å²) in [6.45, 7) is 0.904. The van der Waals surface area contributed by atoms with Crippen molar-refractivity contribution in [1.82, 2.24) is 4.98 Å². The smallest absolute Gasteiger partial charge is 0.212 e. The van der Waals surface area contributed by atoms with Crippen molar-refractivity contribution in [1.29, 1.82) is 0 Å². The van der Waals surface area contributed by atoms with Crippen LogP contribution in [0.5, 0.6) is 5.88 Å². The van der Waals surface area contributed by atoms with E-state index >= 15 is 0 Å². The minimum absolute atomic E-state index is 0.0000665. The maximum absolute atomic E-state index is 9.78. The number of nitrogens with zero attached hydrogens (tertiary/aromatic N) is 4. The summed E-state index contributed by atoms with van der Waals surface area (Å²) in [5.74, 6) is 2.04. The number of aromatic nitrogens is 1. The first kappa shape index (κ1) is 23.3. The minimum atomic E-state index is 0.0000665. The first-order chi connectivity index (χ1) is 16.6. The number of pyridine rings is 1. The molecule has 1 aliphatic carbocycles. The highest BCUT2D eigenvalue weighted by Gasteiger charge is 2.17. The SMILES string of the molecule is COC1=CC(N(CCO)c2ccc3c(c2)CN=C(c2ccc(OC)nc2)C=N3)=CCC(OC)=C1. The molecule has 0 fully saturated rings. The van der Waals surface area contributed by atoms with Crippen LogP contribution in [0.3, 0.4) is 0 Å². The third kappa shape index (κ3) is 5.18. The molecular formula is C26H28N4O4. The van der Waals surface area contributed by atoms with E-state index in [9.17, 15) is 5.11 Å². The van der Waals surface area contributed by atoms with E-state index < -0.39 is 0 Å². The number of aliphatic hydroxyl groups excluding tert-OH is 1. The second kappa shape index (κ2) is 10.8. The Morgan fingerprint density at radius 2 is 1.91 bits per heavy atom. The van der Waals surface area contributed by atoms with E-state index in [1.54, 1.807) is 39.8 Å². The van der Waals surface area contributed by atoms with Crippen molar-refractivity contribution in [2.45, 2.75) is 13.0 Å². The Hall–Kier alpha value is -3.91. The van der Waals surface area contributed by atoms with Crippen LogP contribution in [0.4, 0.5) is 11.4 Å². The van der Waals surface area contributed by atoms with Gasteiger partial charge in [-0.2, -0.15) is 0 Å². The molecular weight excluding hydrogens is 432 g/mol. The van der Waals surface area contributed by atoms with Crippen LogP contribution < -0.4 is 9.64 Å². The Morgan fingerprint density at radius 1 is 1.03 bits per heavy atom. The van der Waals surface area contributed by atoms with E-state index in [2.05, 4.69) is 27.0 Å². The lowest BCUT2D eigenvalue weighted by Gasteiger charge is -2.26. The van der Waals surface area contributed by atoms with Crippen molar-refractivity contribution in [3.05, 3.63) is 83.1 Å². The lowest BCUT2D eigenvalue weighted by Crippen LogP contribution is -2.25. The Bertz CT molecular complexity index is 1180. The molecule has 0 amide bonds. The third-order valence-corrected chi connectivity index (χ3v) is 5.60. The van der Waals surface area contributed by atoms with Gasteiger partial charge >= 0.3 is 0 Å². The number of aliphatic hydroxyl groups is 1. The molecule has 4 rings (SSSR count). The summed E-state index contributed by atoms with van der Waals surface area (Å²) >= 11 is 0. The molecule has 1 aliphatic heterocycles.